The Morgan fingerprint density at radius 3 is 2.30 bits per heavy atom. The molecule has 2 heterocycles. The number of likely N-dealkylation sites (tertiary alicyclic amines) is 1. The molecule has 4 fully saturated rings. The van der Waals surface area contributed by atoms with Crippen molar-refractivity contribution in [2.75, 3.05) is 6.54 Å². The Labute approximate surface area is 368 Å². The summed E-state index contributed by atoms with van der Waals surface area (Å²) in [7, 11) is -0.508. The van der Waals surface area contributed by atoms with Gasteiger partial charge >= 0.3 is 6.09 Å². The molecule has 61 heavy (non-hydrogen) atoms. The summed E-state index contributed by atoms with van der Waals surface area (Å²) in [4.78, 5) is 60.2. The number of alkyl carbamates (subject to hydrolysis) is 1. The standard InChI is InChI=1S/C31H52N4O5S.C17H17N.C2H2/c1-9-11-21(18-20-13-14-20)41(8)34-26(38)31(19-30(31)15-16-30)33-24(36)22-12-10-17-35(22)25(37)23(28(2,3)4)32-27(39)40-29(5,6)7;1-5-6-7-13(3)16-11-14(4)15-9-8-12(2)10-17(15)18-16;1-2/h20-23H,8-19H2,1-7H3,(H,32,39)(H,33,36)(H,34,38);5-11H,1,3H2,2,4H3;1-2H/b;7-6-;/t21?,22-,23+,31?,41?;;/m0../s1. The normalized spacial score (nSPS) is 21.4. The molecule has 3 saturated carbocycles. The Morgan fingerprint density at radius 2 is 1.74 bits per heavy atom. The van der Waals surface area contributed by atoms with E-state index in [2.05, 4.69) is 97.3 Å². The molecule has 0 bridgehead atoms. The molecule has 3 aliphatic carbocycles. The largest absolute Gasteiger partial charge is 0.444 e. The van der Waals surface area contributed by atoms with Crippen LogP contribution in [0.5, 0.6) is 0 Å². The van der Waals surface area contributed by atoms with Gasteiger partial charge in [-0.05, 0) is 120 Å². The highest BCUT2D eigenvalue weighted by molar-refractivity contribution is 8.13. The van der Waals surface area contributed by atoms with E-state index in [-0.39, 0.29) is 23.1 Å². The predicted molar refractivity (Wildman–Crippen MR) is 253 cm³/mol. The van der Waals surface area contributed by atoms with Crippen molar-refractivity contribution in [2.24, 2.45) is 16.7 Å². The Kier molecular flexibility index (Phi) is 16.1. The van der Waals surface area contributed by atoms with Crippen molar-refractivity contribution in [3.8, 4) is 12.8 Å². The fourth-order valence-corrected chi connectivity index (χ4v) is 9.87. The van der Waals surface area contributed by atoms with Crippen LogP contribution >= 0.6 is 10.7 Å². The van der Waals surface area contributed by atoms with Gasteiger partial charge in [-0.1, -0.05) is 107 Å². The Morgan fingerprint density at radius 1 is 1.07 bits per heavy atom. The number of allylic oxidation sites excluding steroid dienone is 4. The number of hydrogen-bond donors (Lipinski definition) is 3. The van der Waals surface area contributed by atoms with Gasteiger partial charge in [0.25, 0.3) is 5.91 Å². The van der Waals surface area contributed by atoms with E-state index in [1.54, 1.807) is 31.7 Å². The molecule has 332 valence electrons. The third kappa shape index (κ3) is 12.5. The number of amides is 4. The molecular formula is C50H71N5O5S. The van der Waals surface area contributed by atoms with Crippen LogP contribution in [0.3, 0.4) is 0 Å². The van der Waals surface area contributed by atoms with Crippen molar-refractivity contribution < 1.29 is 23.9 Å². The highest BCUT2D eigenvalue weighted by atomic mass is 32.2. The number of benzene rings is 1. The summed E-state index contributed by atoms with van der Waals surface area (Å²) < 4.78 is 8.65. The number of aryl methyl sites for hydroxylation is 2. The fraction of sp³-hybridized carbons (Fsp3) is 0.560. The van der Waals surface area contributed by atoms with E-state index >= 15 is 0 Å². The molecule has 6 rings (SSSR count). The average Bonchev–Trinajstić information content (AvgIpc) is 4.15. The molecule has 3 unspecified atom stereocenters. The molecule has 1 aromatic carbocycles. The van der Waals surface area contributed by atoms with Crippen LogP contribution in [-0.4, -0.2) is 74.6 Å². The Bertz CT molecular complexity index is 2050. The summed E-state index contributed by atoms with van der Waals surface area (Å²) in [6, 6.07) is 6.87. The Hall–Kier alpha value is -4.69. The number of pyridine rings is 1. The van der Waals surface area contributed by atoms with Gasteiger partial charge in [0.05, 0.1) is 11.2 Å². The van der Waals surface area contributed by atoms with Crippen LogP contribution in [0, 0.1) is 43.4 Å². The maximum absolute atomic E-state index is 13.8. The molecule has 2 aromatic rings. The van der Waals surface area contributed by atoms with Crippen molar-refractivity contribution in [1.82, 2.24) is 25.2 Å². The first-order chi connectivity index (χ1) is 28.6. The SMILES string of the molecule is C#C.C=C/C=C\C(=C)c1cc(C)c2ccc(C)cc2n1.C=S(NC(=O)C1(NC(=O)[C@@H]2CCCN2C(=O)[C@@H](NC(=O)OC(C)(C)C)C(C)(C)C)CC12CC2)C(CCC)CC1CC1. The second-order valence-corrected chi connectivity index (χ2v) is 21.1. The topological polar surface area (TPSA) is 130 Å². The number of rotatable bonds is 14. The lowest BCUT2D eigenvalue weighted by Crippen LogP contribution is -2.60. The lowest BCUT2D eigenvalue weighted by Gasteiger charge is -2.36. The first-order valence-electron chi connectivity index (χ1n) is 21.8. The van der Waals surface area contributed by atoms with Crippen LogP contribution in [0.4, 0.5) is 4.79 Å². The number of ether oxygens (including phenoxy) is 1. The van der Waals surface area contributed by atoms with Gasteiger partial charge in [0.2, 0.25) is 11.8 Å². The number of terminal acetylenes is 1. The quantitative estimate of drug-likeness (QED) is 0.0987. The van der Waals surface area contributed by atoms with E-state index in [4.69, 9.17) is 4.74 Å². The van der Waals surface area contributed by atoms with Crippen LogP contribution in [0.1, 0.15) is 129 Å². The second-order valence-electron chi connectivity index (χ2n) is 19.4. The maximum atomic E-state index is 13.8. The van der Waals surface area contributed by atoms with E-state index in [9.17, 15) is 19.2 Å². The monoisotopic (exact) mass is 854 g/mol. The van der Waals surface area contributed by atoms with Crippen molar-refractivity contribution in [3.05, 3.63) is 72.5 Å². The van der Waals surface area contributed by atoms with E-state index in [0.717, 1.165) is 54.8 Å². The summed E-state index contributed by atoms with van der Waals surface area (Å²) in [5.41, 5.74) is 2.91. The number of hydrogen-bond acceptors (Lipinski definition) is 6. The molecule has 1 spiro atoms. The highest BCUT2D eigenvalue weighted by Gasteiger charge is 2.79. The van der Waals surface area contributed by atoms with Crippen LogP contribution in [0.15, 0.2) is 55.7 Å². The van der Waals surface area contributed by atoms with Crippen LogP contribution in [-0.2, 0) is 19.1 Å². The van der Waals surface area contributed by atoms with Gasteiger partial charge in [-0.15, -0.1) is 12.8 Å². The number of aromatic nitrogens is 1. The lowest BCUT2D eigenvalue weighted by atomic mass is 9.85. The van der Waals surface area contributed by atoms with Crippen LogP contribution < -0.4 is 15.4 Å². The number of carbonyl (C=O) groups is 4. The van der Waals surface area contributed by atoms with Gasteiger partial charge in [-0.25, -0.2) is 9.78 Å². The summed E-state index contributed by atoms with van der Waals surface area (Å²) in [6.45, 7) is 25.4. The second kappa shape index (κ2) is 20.0. The van der Waals surface area contributed by atoms with E-state index < -0.39 is 45.4 Å². The fourth-order valence-electron chi connectivity index (χ4n) is 8.27. The molecule has 4 aliphatic rings. The van der Waals surface area contributed by atoms with Gasteiger partial charge in [-0.2, -0.15) is 0 Å². The third-order valence-electron chi connectivity index (χ3n) is 12.0. The molecule has 0 radical (unpaired) electrons. The molecule has 4 amide bonds. The number of carbonyl (C=O) groups excluding carboxylic acids is 4. The minimum atomic E-state index is -0.918. The van der Waals surface area contributed by atoms with Crippen LogP contribution in [0.25, 0.3) is 16.5 Å². The van der Waals surface area contributed by atoms with Crippen molar-refractivity contribution in [2.45, 2.75) is 155 Å². The summed E-state index contributed by atoms with van der Waals surface area (Å²) in [5, 5.41) is 7.47. The summed E-state index contributed by atoms with van der Waals surface area (Å²) in [6.07, 6.45) is 22.3. The van der Waals surface area contributed by atoms with E-state index in [0.29, 0.717) is 31.1 Å². The smallest absolute Gasteiger partial charge is 0.408 e. The molecule has 1 saturated heterocycles. The average molecular weight is 854 g/mol. The van der Waals surface area contributed by atoms with Gasteiger partial charge in [-0.3, -0.25) is 14.4 Å². The van der Waals surface area contributed by atoms with Gasteiger partial charge in [0.15, 0.2) is 0 Å². The molecule has 1 aromatic heterocycles. The van der Waals surface area contributed by atoms with Crippen molar-refractivity contribution in [1.29, 1.82) is 0 Å². The van der Waals surface area contributed by atoms with Crippen LogP contribution in [0.2, 0.25) is 0 Å². The maximum Gasteiger partial charge on any atom is 0.408 e. The van der Waals surface area contributed by atoms with Gasteiger partial charge in [0, 0.05) is 22.6 Å². The molecule has 10 nitrogen and oxygen atoms in total. The van der Waals surface area contributed by atoms with Gasteiger partial charge in [0.1, 0.15) is 23.2 Å². The minimum Gasteiger partial charge on any atom is -0.444 e. The number of fused-ring (bicyclic) bond motifs is 1. The predicted octanol–water partition coefficient (Wildman–Crippen LogP) is 9.51. The molecule has 5 atom stereocenters. The number of nitrogens with one attached hydrogen (secondary N) is 3. The van der Waals surface area contributed by atoms with Crippen molar-refractivity contribution >= 4 is 56.8 Å². The van der Waals surface area contributed by atoms with Gasteiger partial charge < -0.3 is 25.0 Å². The zero-order valence-electron chi connectivity index (χ0n) is 38.2. The molecule has 1 aliphatic heterocycles. The highest BCUT2D eigenvalue weighted by Crippen LogP contribution is 2.73. The molecule has 11 heteroatoms. The minimum absolute atomic E-state index is 0.117. The molecular weight excluding hydrogens is 783 g/mol. The van der Waals surface area contributed by atoms with Crippen molar-refractivity contribution in [3.63, 3.8) is 0 Å². The third-order valence-corrected chi connectivity index (χ3v) is 13.7. The first-order valence-corrected chi connectivity index (χ1v) is 23.2. The first kappa shape index (κ1) is 49.0. The zero-order chi connectivity index (χ0) is 45.5. The van der Waals surface area contributed by atoms with E-state index in [1.165, 1.54) is 29.4 Å². The summed E-state index contributed by atoms with van der Waals surface area (Å²) >= 11 is 0. The Balaban J connectivity index is 0.000000340. The number of nitrogens with zero attached hydrogens (tertiary/aromatic N) is 2. The summed E-state index contributed by atoms with van der Waals surface area (Å²) in [5.74, 6) is 4.40. The zero-order valence-corrected chi connectivity index (χ0v) is 39.1. The molecule has 3 N–H and O–H groups in total. The lowest BCUT2D eigenvalue weighted by molar-refractivity contribution is -0.143. The van der Waals surface area contributed by atoms with E-state index in [1.807, 2.05) is 32.9 Å².